The number of rotatable bonds is 11. The molecule has 0 saturated carbocycles. The van der Waals surface area contributed by atoms with Gasteiger partial charge < -0.3 is 29.4 Å². The van der Waals surface area contributed by atoms with Crippen LogP contribution in [0, 0.1) is 0 Å². The number of aliphatic hydroxyl groups excluding tert-OH is 1. The lowest BCUT2D eigenvalue weighted by molar-refractivity contribution is -0.277. The molecule has 0 aromatic heterocycles. The lowest BCUT2D eigenvalue weighted by atomic mass is 9.96. The lowest BCUT2D eigenvalue weighted by Gasteiger charge is -2.44. The second-order valence-electron chi connectivity index (χ2n) is 8.81. The van der Waals surface area contributed by atoms with Crippen LogP contribution in [0.2, 0.25) is 0 Å². The minimum Gasteiger partial charge on any atom is -0.374 e. The molecule has 3 aromatic carbocycles. The van der Waals surface area contributed by atoms with Crippen LogP contribution in [0.1, 0.15) is 23.6 Å². The van der Waals surface area contributed by atoms with Crippen molar-refractivity contribution >= 4 is 5.91 Å². The van der Waals surface area contributed by atoms with Crippen molar-refractivity contribution in [2.24, 2.45) is 0 Å². The van der Waals surface area contributed by atoms with Gasteiger partial charge in [-0.1, -0.05) is 91.0 Å². The van der Waals surface area contributed by atoms with Gasteiger partial charge in [-0.25, -0.2) is 0 Å². The van der Waals surface area contributed by atoms with Crippen LogP contribution in [-0.2, 0) is 43.6 Å². The molecule has 0 radical (unpaired) electrons. The molecular weight excluding hydrogens is 458 g/mol. The molecule has 0 spiro atoms. The normalized spacial score (nSPS) is 23.8. The Labute approximate surface area is 212 Å². The maximum atomic E-state index is 12.0. The Hall–Kier alpha value is -3.07. The maximum absolute atomic E-state index is 12.0. The predicted octanol–water partition coefficient (Wildman–Crippen LogP) is 3.60. The molecule has 3 aromatic rings. The topological polar surface area (TPSA) is 86.3 Å². The zero-order valence-electron chi connectivity index (χ0n) is 20.4. The Morgan fingerprint density at radius 2 is 1.25 bits per heavy atom. The molecule has 1 saturated heterocycles. The van der Waals surface area contributed by atoms with Gasteiger partial charge in [-0.05, 0) is 16.7 Å². The SMILES string of the molecule is CC(=O)N[C@H]1C(O)O[C@H](COCc2ccccc2)[C@H](OCc2ccccc2)[C@@H]1OCc1ccccc1. The number of amides is 1. The van der Waals surface area contributed by atoms with Crippen molar-refractivity contribution in [1.29, 1.82) is 0 Å². The highest BCUT2D eigenvalue weighted by atomic mass is 16.7. The first-order chi connectivity index (χ1) is 17.6. The molecule has 4 rings (SSSR count). The van der Waals surface area contributed by atoms with Crippen molar-refractivity contribution in [2.75, 3.05) is 6.61 Å². The summed E-state index contributed by atoms with van der Waals surface area (Å²) in [4.78, 5) is 12.0. The Balaban J connectivity index is 1.53. The monoisotopic (exact) mass is 491 g/mol. The molecule has 1 unspecified atom stereocenters. The quantitative estimate of drug-likeness (QED) is 0.426. The van der Waals surface area contributed by atoms with Crippen LogP contribution in [-0.4, -0.2) is 48.3 Å². The van der Waals surface area contributed by atoms with E-state index in [1.807, 2.05) is 91.0 Å². The summed E-state index contributed by atoms with van der Waals surface area (Å²) in [5.41, 5.74) is 2.99. The van der Waals surface area contributed by atoms with E-state index < -0.39 is 30.6 Å². The molecule has 1 aliphatic rings. The van der Waals surface area contributed by atoms with E-state index >= 15 is 0 Å². The molecule has 1 aliphatic heterocycles. The molecule has 0 bridgehead atoms. The van der Waals surface area contributed by atoms with Gasteiger partial charge in [0.1, 0.15) is 24.4 Å². The highest BCUT2D eigenvalue weighted by molar-refractivity contribution is 5.73. The number of carbonyl (C=O) groups is 1. The summed E-state index contributed by atoms with van der Waals surface area (Å²) in [5, 5.41) is 13.6. The largest absolute Gasteiger partial charge is 0.374 e. The third-order valence-corrected chi connectivity index (χ3v) is 6.00. The first-order valence-corrected chi connectivity index (χ1v) is 12.1. The van der Waals surface area contributed by atoms with Crippen molar-refractivity contribution in [3.05, 3.63) is 108 Å². The van der Waals surface area contributed by atoms with E-state index in [1.54, 1.807) is 0 Å². The number of carbonyl (C=O) groups excluding carboxylic acids is 1. The van der Waals surface area contributed by atoms with E-state index in [1.165, 1.54) is 6.92 Å². The molecule has 0 aliphatic carbocycles. The van der Waals surface area contributed by atoms with Gasteiger partial charge >= 0.3 is 0 Å². The number of nitrogens with one attached hydrogen (secondary N) is 1. The van der Waals surface area contributed by atoms with E-state index in [0.29, 0.717) is 13.2 Å². The molecule has 2 N–H and O–H groups in total. The van der Waals surface area contributed by atoms with Crippen LogP contribution < -0.4 is 5.32 Å². The highest BCUT2D eigenvalue weighted by Crippen LogP contribution is 2.27. The first kappa shape index (κ1) is 26.0. The van der Waals surface area contributed by atoms with Crippen LogP contribution in [0.3, 0.4) is 0 Å². The summed E-state index contributed by atoms with van der Waals surface area (Å²) in [7, 11) is 0. The summed E-state index contributed by atoms with van der Waals surface area (Å²) >= 11 is 0. The zero-order chi connectivity index (χ0) is 25.2. The minimum absolute atomic E-state index is 0.184. The summed E-state index contributed by atoms with van der Waals surface area (Å²) in [6, 6.07) is 28.6. The van der Waals surface area contributed by atoms with E-state index in [9.17, 15) is 9.90 Å². The Morgan fingerprint density at radius 1 is 0.778 bits per heavy atom. The van der Waals surface area contributed by atoms with Crippen LogP contribution in [0.4, 0.5) is 0 Å². The molecule has 7 nitrogen and oxygen atoms in total. The molecular formula is C29H33NO6. The van der Waals surface area contributed by atoms with Crippen LogP contribution in [0.15, 0.2) is 91.0 Å². The first-order valence-electron chi connectivity index (χ1n) is 12.1. The second-order valence-corrected chi connectivity index (χ2v) is 8.81. The maximum Gasteiger partial charge on any atom is 0.217 e. The summed E-state index contributed by atoms with van der Waals surface area (Å²) in [6.07, 6.45) is -3.17. The smallest absolute Gasteiger partial charge is 0.217 e. The molecule has 7 heteroatoms. The number of benzene rings is 3. The molecule has 5 atom stereocenters. The lowest BCUT2D eigenvalue weighted by Crippen LogP contribution is -2.65. The van der Waals surface area contributed by atoms with Gasteiger partial charge in [0.25, 0.3) is 0 Å². The van der Waals surface area contributed by atoms with Crippen molar-refractivity contribution < 1.29 is 28.8 Å². The molecule has 190 valence electrons. The predicted molar refractivity (Wildman–Crippen MR) is 135 cm³/mol. The standard InChI is InChI=1S/C29H33NO6/c1-21(31)30-26-28(35-19-24-15-9-4-10-16-24)27(34-18-23-13-7-3-8-14-23)25(36-29(26)32)20-33-17-22-11-5-2-6-12-22/h2-16,25-29,32H,17-20H2,1H3,(H,30,31)/t25-,26-,27+,28-,29?/m1/s1. The zero-order valence-corrected chi connectivity index (χ0v) is 20.4. The third-order valence-electron chi connectivity index (χ3n) is 6.00. The average molecular weight is 492 g/mol. The van der Waals surface area contributed by atoms with Crippen LogP contribution in [0.25, 0.3) is 0 Å². The molecule has 1 heterocycles. The summed E-state index contributed by atoms with van der Waals surface area (Å²) in [5.74, 6) is -0.295. The highest BCUT2D eigenvalue weighted by Gasteiger charge is 2.47. The minimum atomic E-state index is -1.28. The van der Waals surface area contributed by atoms with Crippen molar-refractivity contribution in [3.8, 4) is 0 Å². The van der Waals surface area contributed by atoms with E-state index in [0.717, 1.165) is 16.7 Å². The summed E-state index contributed by atoms with van der Waals surface area (Å²) < 4.78 is 24.6. The Bertz CT molecular complexity index is 1050. The molecule has 1 fully saturated rings. The molecule has 1 amide bonds. The molecule has 36 heavy (non-hydrogen) atoms. The fourth-order valence-corrected chi connectivity index (χ4v) is 4.24. The summed E-state index contributed by atoms with van der Waals surface area (Å²) in [6.45, 7) is 2.58. The number of aliphatic hydroxyl groups is 1. The fraction of sp³-hybridized carbons (Fsp3) is 0.345. The fourth-order valence-electron chi connectivity index (χ4n) is 4.24. The van der Waals surface area contributed by atoms with Crippen LogP contribution >= 0.6 is 0 Å². The van der Waals surface area contributed by atoms with E-state index in [2.05, 4.69) is 5.32 Å². The van der Waals surface area contributed by atoms with E-state index in [4.69, 9.17) is 18.9 Å². The van der Waals surface area contributed by atoms with Gasteiger partial charge in [-0.3, -0.25) is 4.79 Å². The van der Waals surface area contributed by atoms with Crippen molar-refractivity contribution in [1.82, 2.24) is 5.32 Å². The van der Waals surface area contributed by atoms with Crippen LogP contribution in [0.5, 0.6) is 0 Å². The van der Waals surface area contributed by atoms with Crippen molar-refractivity contribution in [2.45, 2.75) is 57.4 Å². The van der Waals surface area contributed by atoms with Gasteiger partial charge in [0.15, 0.2) is 6.29 Å². The van der Waals surface area contributed by atoms with Gasteiger partial charge in [0.05, 0.1) is 26.4 Å². The van der Waals surface area contributed by atoms with Gasteiger partial charge in [-0.2, -0.15) is 0 Å². The number of ether oxygens (including phenoxy) is 4. The van der Waals surface area contributed by atoms with Gasteiger partial charge in [0, 0.05) is 6.92 Å². The Morgan fingerprint density at radius 3 is 1.75 bits per heavy atom. The number of hydrogen-bond donors (Lipinski definition) is 2. The average Bonchev–Trinajstić information content (AvgIpc) is 2.90. The van der Waals surface area contributed by atoms with Crippen molar-refractivity contribution in [3.63, 3.8) is 0 Å². The van der Waals surface area contributed by atoms with Gasteiger partial charge in [0.2, 0.25) is 5.91 Å². The van der Waals surface area contributed by atoms with Gasteiger partial charge in [-0.15, -0.1) is 0 Å². The van der Waals surface area contributed by atoms with E-state index in [-0.39, 0.29) is 19.1 Å². The third kappa shape index (κ3) is 7.46. The second kappa shape index (κ2) is 13.3. The Kier molecular flexibility index (Phi) is 9.61. The number of hydrogen-bond acceptors (Lipinski definition) is 6.